The van der Waals surface area contributed by atoms with Crippen molar-refractivity contribution in [2.24, 2.45) is 5.92 Å². The molecule has 2 aromatic rings. The predicted octanol–water partition coefficient (Wildman–Crippen LogP) is 3.88. The van der Waals surface area contributed by atoms with Crippen LogP contribution < -0.4 is 0 Å². The van der Waals surface area contributed by atoms with Crippen LogP contribution in [0.25, 0.3) is 6.08 Å². The Morgan fingerprint density at radius 2 is 1.79 bits per heavy atom. The van der Waals surface area contributed by atoms with Crippen LogP contribution in [0.1, 0.15) is 25.0 Å². The fourth-order valence-electron chi connectivity index (χ4n) is 3.23. The molecule has 0 aliphatic rings. The number of nitrogens with zero attached hydrogens (tertiary/aromatic N) is 1. The molecule has 0 aromatic heterocycles. The molecule has 0 saturated carbocycles. The van der Waals surface area contributed by atoms with Crippen molar-refractivity contribution >= 4 is 6.08 Å². The summed E-state index contributed by atoms with van der Waals surface area (Å²) in [6, 6.07) is 16.9. The lowest BCUT2D eigenvalue weighted by Crippen LogP contribution is -2.40. The molecule has 128 valence electrons. The minimum absolute atomic E-state index is 0.0470. The molecule has 0 radical (unpaired) electrons. The van der Waals surface area contributed by atoms with Crippen molar-refractivity contribution in [2.45, 2.75) is 19.4 Å². The minimum atomic E-state index is -1.15. The second-order valence-electron chi connectivity index (χ2n) is 6.72. The Bertz CT molecular complexity index is 694. The fourth-order valence-corrected chi connectivity index (χ4v) is 3.23. The number of hydrogen-bond donors (Lipinski definition) is 2. The van der Waals surface area contributed by atoms with Crippen LogP contribution >= 0.6 is 0 Å². The van der Waals surface area contributed by atoms with E-state index in [1.165, 1.54) is 0 Å². The Morgan fingerprint density at radius 1 is 1.12 bits per heavy atom. The minimum Gasteiger partial charge on any atom is -0.508 e. The van der Waals surface area contributed by atoms with Gasteiger partial charge in [0.15, 0.2) is 0 Å². The molecule has 2 atom stereocenters. The second-order valence-corrected chi connectivity index (χ2v) is 6.72. The number of rotatable bonds is 6. The van der Waals surface area contributed by atoms with Gasteiger partial charge >= 0.3 is 0 Å². The van der Waals surface area contributed by atoms with Gasteiger partial charge in [0.2, 0.25) is 0 Å². The first-order chi connectivity index (χ1) is 11.3. The molecule has 0 aliphatic carbocycles. The van der Waals surface area contributed by atoms with E-state index in [2.05, 4.69) is 4.90 Å². The molecule has 0 aliphatic heterocycles. The summed E-state index contributed by atoms with van der Waals surface area (Å²) in [5.74, 6) is 0.116. The average Bonchev–Trinajstić information content (AvgIpc) is 2.54. The number of aromatic hydroxyl groups is 1. The highest BCUT2D eigenvalue weighted by molar-refractivity contribution is 5.56. The highest BCUT2D eigenvalue weighted by Crippen LogP contribution is 2.39. The maximum atomic E-state index is 11.6. The number of benzene rings is 2. The van der Waals surface area contributed by atoms with Gasteiger partial charge in [0.25, 0.3) is 0 Å². The smallest absolute Gasteiger partial charge is 0.115 e. The highest BCUT2D eigenvalue weighted by Gasteiger charge is 2.37. The summed E-state index contributed by atoms with van der Waals surface area (Å²) in [6.07, 6.45) is 2.01. The van der Waals surface area contributed by atoms with E-state index in [-0.39, 0.29) is 11.7 Å². The summed E-state index contributed by atoms with van der Waals surface area (Å²) in [7, 11) is 3.99. The summed E-state index contributed by atoms with van der Waals surface area (Å²) >= 11 is 0. The Labute approximate surface area is 144 Å². The Balaban J connectivity index is 2.52. The van der Waals surface area contributed by atoms with Crippen LogP contribution in [0.4, 0.5) is 0 Å². The summed E-state index contributed by atoms with van der Waals surface area (Å²) in [6.45, 7) is 4.71. The zero-order valence-electron chi connectivity index (χ0n) is 14.9. The van der Waals surface area contributed by atoms with Crippen LogP contribution in [0.2, 0.25) is 0 Å². The van der Waals surface area contributed by atoms with Crippen molar-refractivity contribution in [3.05, 3.63) is 71.3 Å². The molecule has 0 bridgehead atoms. The van der Waals surface area contributed by atoms with Gasteiger partial charge in [-0.25, -0.2) is 0 Å². The van der Waals surface area contributed by atoms with Crippen molar-refractivity contribution in [1.82, 2.24) is 4.90 Å². The number of hydrogen-bond acceptors (Lipinski definition) is 3. The van der Waals surface area contributed by atoms with Gasteiger partial charge in [0.1, 0.15) is 11.4 Å². The Morgan fingerprint density at radius 3 is 2.38 bits per heavy atom. The number of phenols is 1. The summed E-state index contributed by atoms with van der Waals surface area (Å²) in [4.78, 5) is 2.06. The van der Waals surface area contributed by atoms with Gasteiger partial charge in [-0.2, -0.15) is 0 Å². The zero-order chi connectivity index (χ0) is 17.7. The van der Waals surface area contributed by atoms with E-state index in [9.17, 15) is 10.2 Å². The molecule has 0 amide bonds. The maximum absolute atomic E-state index is 11.6. The van der Waals surface area contributed by atoms with E-state index in [0.717, 1.165) is 17.7 Å². The van der Waals surface area contributed by atoms with Gasteiger partial charge in [-0.1, -0.05) is 55.5 Å². The summed E-state index contributed by atoms with van der Waals surface area (Å²) < 4.78 is 0. The molecule has 2 unspecified atom stereocenters. The van der Waals surface area contributed by atoms with Crippen LogP contribution in [0, 0.1) is 5.92 Å². The third kappa shape index (κ3) is 4.05. The first-order valence-corrected chi connectivity index (χ1v) is 8.24. The van der Waals surface area contributed by atoms with Gasteiger partial charge in [-0.15, -0.1) is 0 Å². The lowest BCUT2D eigenvalue weighted by atomic mass is 9.76. The van der Waals surface area contributed by atoms with Crippen molar-refractivity contribution in [3.63, 3.8) is 0 Å². The Kier molecular flexibility index (Phi) is 5.81. The molecule has 0 spiro atoms. The molecule has 0 heterocycles. The van der Waals surface area contributed by atoms with Crippen LogP contribution in [-0.2, 0) is 5.60 Å². The number of aliphatic hydroxyl groups is 1. The van der Waals surface area contributed by atoms with E-state index in [1.54, 1.807) is 18.2 Å². The van der Waals surface area contributed by atoms with E-state index in [4.69, 9.17) is 0 Å². The molecule has 2 rings (SSSR count). The molecular weight excluding hydrogens is 298 g/mol. The molecule has 24 heavy (non-hydrogen) atoms. The quantitative estimate of drug-likeness (QED) is 0.847. The predicted molar refractivity (Wildman–Crippen MR) is 99.8 cm³/mol. The summed E-state index contributed by atoms with van der Waals surface area (Å²) in [5.41, 5.74) is 1.46. The van der Waals surface area contributed by atoms with Gasteiger partial charge in [-0.3, -0.25) is 0 Å². The van der Waals surface area contributed by atoms with Crippen molar-refractivity contribution in [1.29, 1.82) is 0 Å². The van der Waals surface area contributed by atoms with Gasteiger partial charge in [0.05, 0.1) is 0 Å². The molecule has 3 heteroatoms. The van der Waals surface area contributed by atoms with Gasteiger partial charge in [0, 0.05) is 12.5 Å². The zero-order valence-corrected chi connectivity index (χ0v) is 14.9. The first-order valence-electron chi connectivity index (χ1n) is 8.24. The maximum Gasteiger partial charge on any atom is 0.115 e. The summed E-state index contributed by atoms with van der Waals surface area (Å²) in [5, 5.41) is 21.5. The van der Waals surface area contributed by atoms with E-state index in [1.807, 2.05) is 70.4 Å². The number of phenolic OH excluding ortho intramolecular Hbond substituents is 1. The van der Waals surface area contributed by atoms with E-state index >= 15 is 0 Å². The Hall–Kier alpha value is -2.10. The van der Waals surface area contributed by atoms with Crippen LogP contribution in [0.3, 0.4) is 0 Å². The fraction of sp³-hybridized carbons (Fsp3) is 0.333. The normalized spacial score (nSPS) is 16.0. The third-order valence-electron chi connectivity index (χ3n) is 4.42. The highest BCUT2D eigenvalue weighted by atomic mass is 16.3. The standard InChI is InChI=1S/C21H27NO2/c1-16(13-18-9-6-5-7-10-18)21(24,17(2)15-22(3)4)19-11-8-12-20(23)14-19/h5-14,17,23-24H,15H2,1-4H3. The lowest BCUT2D eigenvalue weighted by molar-refractivity contribution is 0.0103. The van der Waals surface area contributed by atoms with Crippen molar-refractivity contribution in [3.8, 4) is 5.75 Å². The molecule has 2 N–H and O–H groups in total. The van der Waals surface area contributed by atoms with Crippen LogP contribution in [0.5, 0.6) is 5.75 Å². The topological polar surface area (TPSA) is 43.7 Å². The van der Waals surface area contributed by atoms with Gasteiger partial charge in [-0.05, 0) is 49.9 Å². The molecule has 3 nitrogen and oxygen atoms in total. The van der Waals surface area contributed by atoms with E-state index < -0.39 is 5.60 Å². The second kappa shape index (κ2) is 7.65. The SMILES string of the molecule is CC(=Cc1ccccc1)C(O)(c1cccc(O)c1)C(C)CN(C)C. The molecule has 0 saturated heterocycles. The van der Waals surface area contributed by atoms with Crippen molar-refractivity contribution in [2.75, 3.05) is 20.6 Å². The third-order valence-corrected chi connectivity index (χ3v) is 4.42. The monoisotopic (exact) mass is 325 g/mol. The van der Waals surface area contributed by atoms with Crippen molar-refractivity contribution < 1.29 is 10.2 Å². The largest absolute Gasteiger partial charge is 0.508 e. The van der Waals surface area contributed by atoms with Gasteiger partial charge < -0.3 is 15.1 Å². The molecule has 2 aromatic carbocycles. The molecule has 0 fully saturated rings. The lowest BCUT2D eigenvalue weighted by Gasteiger charge is -2.37. The first kappa shape index (κ1) is 18.2. The van der Waals surface area contributed by atoms with Crippen LogP contribution in [-0.4, -0.2) is 35.8 Å². The van der Waals surface area contributed by atoms with E-state index in [0.29, 0.717) is 5.56 Å². The average molecular weight is 325 g/mol. The van der Waals surface area contributed by atoms with Crippen LogP contribution in [0.15, 0.2) is 60.2 Å². The molecular formula is C21H27NO2.